The van der Waals surface area contributed by atoms with E-state index in [0.717, 1.165) is 16.7 Å². The Morgan fingerprint density at radius 2 is 2.29 bits per heavy atom. The number of carboxylic acids is 1. The van der Waals surface area contributed by atoms with Crippen LogP contribution in [0, 0.1) is 6.92 Å². The fourth-order valence-corrected chi connectivity index (χ4v) is 3.33. The molecule has 0 saturated carbocycles. The van der Waals surface area contributed by atoms with Crippen LogP contribution in [0.2, 0.25) is 0 Å². The lowest BCUT2D eigenvalue weighted by atomic mass is 10.2. The summed E-state index contributed by atoms with van der Waals surface area (Å²) in [6, 6.07) is 3.65. The number of rotatable bonds is 6. The van der Waals surface area contributed by atoms with Crippen LogP contribution in [0.5, 0.6) is 5.75 Å². The molecule has 0 aromatic carbocycles. The van der Waals surface area contributed by atoms with Gasteiger partial charge >= 0.3 is 5.97 Å². The van der Waals surface area contributed by atoms with Crippen molar-refractivity contribution in [2.45, 2.75) is 20.0 Å². The van der Waals surface area contributed by atoms with E-state index in [1.54, 1.807) is 19.3 Å². The van der Waals surface area contributed by atoms with Crippen LogP contribution in [0.15, 0.2) is 30.9 Å². The van der Waals surface area contributed by atoms with Gasteiger partial charge in [0.1, 0.15) is 33.7 Å². The summed E-state index contributed by atoms with van der Waals surface area (Å²) < 4.78 is 5.76. The molecule has 7 nitrogen and oxygen atoms in total. The standard InChI is InChI=1S/C16H16N4O3S/c1-9(23-11-4-3-5-17-7-11)6-18-14-12-10(2)13(16(21)22)24-15(12)20-8-19-14/h3-5,7-9H,6H2,1-2H3,(H,21,22)(H,18,19,20). The van der Waals surface area contributed by atoms with E-state index >= 15 is 0 Å². The number of carbonyl (C=O) groups is 1. The first-order valence-electron chi connectivity index (χ1n) is 7.34. The van der Waals surface area contributed by atoms with Crippen LogP contribution in [-0.4, -0.2) is 38.7 Å². The first-order valence-corrected chi connectivity index (χ1v) is 8.16. The van der Waals surface area contributed by atoms with Gasteiger partial charge in [0.25, 0.3) is 0 Å². The summed E-state index contributed by atoms with van der Waals surface area (Å²) in [6.45, 7) is 4.21. The Hall–Kier alpha value is -2.74. The number of ether oxygens (including phenoxy) is 1. The van der Waals surface area contributed by atoms with Crippen LogP contribution < -0.4 is 10.1 Å². The number of hydrogen-bond donors (Lipinski definition) is 2. The van der Waals surface area contributed by atoms with Crippen molar-refractivity contribution in [1.82, 2.24) is 15.0 Å². The summed E-state index contributed by atoms with van der Waals surface area (Å²) in [4.78, 5) is 24.6. The predicted octanol–water partition coefficient (Wildman–Crippen LogP) is 2.97. The normalized spacial score (nSPS) is 12.1. The average molecular weight is 344 g/mol. The van der Waals surface area contributed by atoms with Gasteiger partial charge in [0.05, 0.1) is 18.1 Å². The van der Waals surface area contributed by atoms with Crippen LogP contribution in [0.1, 0.15) is 22.2 Å². The number of pyridine rings is 1. The number of thiophene rings is 1. The van der Waals surface area contributed by atoms with Gasteiger partial charge < -0.3 is 15.2 Å². The van der Waals surface area contributed by atoms with Crippen LogP contribution in [0.3, 0.4) is 0 Å². The largest absolute Gasteiger partial charge is 0.487 e. The van der Waals surface area contributed by atoms with Gasteiger partial charge in [-0.25, -0.2) is 14.8 Å². The Labute approximate surface area is 142 Å². The molecule has 0 aliphatic carbocycles. The molecule has 0 bridgehead atoms. The van der Waals surface area contributed by atoms with Gasteiger partial charge in [0.15, 0.2) is 0 Å². The summed E-state index contributed by atoms with van der Waals surface area (Å²) in [6.07, 6.45) is 4.66. The molecule has 124 valence electrons. The highest BCUT2D eigenvalue weighted by atomic mass is 32.1. The molecule has 2 N–H and O–H groups in total. The SMILES string of the molecule is Cc1c(C(=O)O)sc2ncnc(NCC(C)Oc3cccnc3)c12. The molecule has 8 heteroatoms. The fraction of sp³-hybridized carbons (Fsp3) is 0.250. The molecule has 3 aromatic heterocycles. The number of aromatic nitrogens is 3. The van der Waals surface area contributed by atoms with Gasteiger partial charge in [-0.15, -0.1) is 11.3 Å². The third-order valence-corrected chi connectivity index (χ3v) is 4.64. The zero-order valence-electron chi connectivity index (χ0n) is 13.2. The number of carboxylic acid groups (broad SMARTS) is 1. The number of anilines is 1. The lowest BCUT2D eigenvalue weighted by Gasteiger charge is -2.15. The molecule has 3 heterocycles. The number of fused-ring (bicyclic) bond motifs is 1. The van der Waals surface area contributed by atoms with E-state index in [4.69, 9.17) is 4.74 Å². The monoisotopic (exact) mass is 344 g/mol. The Bertz CT molecular complexity index is 866. The van der Waals surface area contributed by atoms with Crippen LogP contribution in [0.25, 0.3) is 10.2 Å². The molecule has 0 aliphatic rings. The minimum atomic E-state index is -0.949. The van der Waals surface area contributed by atoms with E-state index in [2.05, 4.69) is 20.3 Å². The minimum absolute atomic E-state index is 0.114. The number of nitrogens with one attached hydrogen (secondary N) is 1. The summed E-state index contributed by atoms with van der Waals surface area (Å²) in [7, 11) is 0. The number of aryl methyl sites for hydroxylation is 1. The fourth-order valence-electron chi connectivity index (χ4n) is 2.34. The van der Waals surface area contributed by atoms with Gasteiger partial charge in [0.2, 0.25) is 0 Å². The summed E-state index contributed by atoms with van der Waals surface area (Å²) in [5.74, 6) is 0.358. The summed E-state index contributed by atoms with van der Waals surface area (Å²) >= 11 is 1.15. The van der Waals surface area contributed by atoms with Crippen LogP contribution in [0.4, 0.5) is 5.82 Å². The van der Waals surface area contributed by atoms with Crippen molar-refractivity contribution in [3.8, 4) is 5.75 Å². The second-order valence-corrected chi connectivity index (χ2v) is 6.26. The third kappa shape index (κ3) is 3.28. The van der Waals surface area contributed by atoms with E-state index in [1.165, 1.54) is 6.33 Å². The predicted molar refractivity (Wildman–Crippen MR) is 91.9 cm³/mol. The van der Waals surface area contributed by atoms with Crippen molar-refractivity contribution in [2.24, 2.45) is 0 Å². The van der Waals surface area contributed by atoms with Gasteiger partial charge in [-0.05, 0) is 31.5 Å². The van der Waals surface area contributed by atoms with Crippen molar-refractivity contribution in [2.75, 3.05) is 11.9 Å². The average Bonchev–Trinajstić information content (AvgIpc) is 2.92. The second kappa shape index (κ2) is 6.79. The molecule has 3 aromatic rings. The summed E-state index contributed by atoms with van der Waals surface area (Å²) in [5.41, 5.74) is 0.673. The van der Waals surface area contributed by atoms with Crippen molar-refractivity contribution >= 4 is 33.3 Å². The first-order chi connectivity index (χ1) is 11.6. The first kappa shape index (κ1) is 16.1. The van der Waals surface area contributed by atoms with E-state index in [0.29, 0.717) is 28.5 Å². The maximum Gasteiger partial charge on any atom is 0.346 e. The zero-order chi connectivity index (χ0) is 17.1. The van der Waals surface area contributed by atoms with Crippen molar-refractivity contribution in [3.63, 3.8) is 0 Å². The van der Waals surface area contributed by atoms with E-state index in [-0.39, 0.29) is 11.0 Å². The third-order valence-electron chi connectivity index (χ3n) is 3.45. The number of aromatic carboxylic acids is 1. The summed E-state index contributed by atoms with van der Waals surface area (Å²) in [5, 5.41) is 13.2. The molecule has 0 fully saturated rings. The Balaban J connectivity index is 1.76. The molecule has 0 spiro atoms. The zero-order valence-corrected chi connectivity index (χ0v) is 14.0. The Morgan fingerprint density at radius 1 is 1.46 bits per heavy atom. The molecular formula is C16H16N4O3S. The molecule has 0 saturated heterocycles. The molecule has 3 rings (SSSR count). The van der Waals surface area contributed by atoms with Gasteiger partial charge in [0, 0.05) is 6.20 Å². The van der Waals surface area contributed by atoms with Crippen molar-refractivity contribution in [1.29, 1.82) is 0 Å². The molecule has 0 aliphatic heterocycles. The maximum atomic E-state index is 11.3. The molecule has 24 heavy (non-hydrogen) atoms. The highest BCUT2D eigenvalue weighted by Crippen LogP contribution is 2.33. The van der Waals surface area contributed by atoms with E-state index in [9.17, 15) is 9.90 Å². The maximum absolute atomic E-state index is 11.3. The quantitative estimate of drug-likeness (QED) is 0.709. The van der Waals surface area contributed by atoms with Crippen molar-refractivity contribution in [3.05, 3.63) is 41.3 Å². The van der Waals surface area contributed by atoms with Crippen LogP contribution in [-0.2, 0) is 0 Å². The highest BCUT2D eigenvalue weighted by molar-refractivity contribution is 7.20. The van der Waals surface area contributed by atoms with Gasteiger partial charge in [-0.3, -0.25) is 4.98 Å². The smallest absolute Gasteiger partial charge is 0.346 e. The van der Waals surface area contributed by atoms with Gasteiger partial charge in [-0.2, -0.15) is 0 Å². The Morgan fingerprint density at radius 3 is 3.00 bits per heavy atom. The van der Waals surface area contributed by atoms with Crippen molar-refractivity contribution < 1.29 is 14.6 Å². The molecule has 1 atom stereocenters. The molecule has 0 radical (unpaired) electrons. The molecule has 0 amide bonds. The van der Waals surface area contributed by atoms with Crippen LogP contribution >= 0.6 is 11.3 Å². The molecule has 1 unspecified atom stereocenters. The lowest BCUT2D eigenvalue weighted by Crippen LogP contribution is -2.23. The van der Waals surface area contributed by atoms with Gasteiger partial charge in [-0.1, -0.05) is 0 Å². The minimum Gasteiger partial charge on any atom is -0.487 e. The number of nitrogens with zero attached hydrogens (tertiary/aromatic N) is 3. The van der Waals surface area contributed by atoms with E-state index < -0.39 is 5.97 Å². The molecular weight excluding hydrogens is 328 g/mol. The second-order valence-electron chi connectivity index (χ2n) is 5.26. The Kier molecular flexibility index (Phi) is 4.57. The number of hydrogen-bond acceptors (Lipinski definition) is 7. The lowest BCUT2D eigenvalue weighted by molar-refractivity contribution is 0.0701. The highest BCUT2D eigenvalue weighted by Gasteiger charge is 2.18. The van der Waals surface area contributed by atoms with E-state index in [1.807, 2.05) is 19.1 Å². The topological polar surface area (TPSA) is 97.2 Å².